The lowest BCUT2D eigenvalue weighted by atomic mass is 9.89. The number of hydrogen-bond donors (Lipinski definition) is 0. The molecule has 208 valence electrons. The average molecular weight is 701 g/mol. The molecule has 5 rings (SSSR count). The van der Waals surface area contributed by atoms with Crippen LogP contribution in [0.4, 0.5) is 0 Å². The zero-order valence-corrected chi connectivity index (χ0v) is 27.0. The number of halogens is 2. The zero-order chi connectivity index (χ0) is 28.5. The zero-order valence-electron chi connectivity index (χ0n) is 22.2. The first-order chi connectivity index (χ1) is 19.7. The van der Waals surface area contributed by atoms with Crippen molar-refractivity contribution in [2.45, 2.75) is 24.8 Å². The molecule has 0 saturated carbocycles. The van der Waals surface area contributed by atoms with Gasteiger partial charge in [0.25, 0.3) is 5.54 Å². The maximum atomic E-state index is 8.56. The third kappa shape index (κ3) is 9.96. The van der Waals surface area contributed by atoms with Gasteiger partial charge in [-0.25, -0.2) is 6.57 Å². The van der Waals surface area contributed by atoms with Crippen LogP contribution in [0.25, 0.3) is 27.1 Å². The van der Waals surface area contributed by atoms with Crippen LogP contribution in [0.3, 0.4) is 0 Å². The predicted octanol–water partition coefficient (Wildman–Crippen LogP) is 9.61. The molecule has 0 amide bonds. The van der Waals surface area contributed by atoms with E-state index in [4.69, 9.17) is 21.3 Å². The molecule has 0 spiro atoms. The van der Waals surface area contributed by atoms with Crippen molar-refractivity contribution in [1.29, 1.82) is 5.26 Å². The maximum Gasteiger partial charge on any atom is 0.270 e. The SMILES string of the molecule is BrCCOCCBr.N#CCc1cc(-c2ccccc2)cs1.[C-]#[N+]C1(c2cc(-c3ccccc3)cs2)CCOCC1. The summed E-state index contributed by atoms with van der Waals surface area (Å²) >= 11 is 9.83. The van der Waals surface area contributed by atoms with E-state index in [-0.39, 0.29) is 5.54 Å². The molecule has 2 aromatic carbocycles. The largest absolute Gasteiger partial charge is 0.381 e. The summed E-state index contributed by atoms with van der Waals surface area (Å²) in [7, 11) is 0. The molecular formula is C32H32Br2N2O2S2. The number of benzene rings is 2. The first kappa shape index (κ1) is 32.2. The van der Waals surface area contributed by atoms with E-state index in [2.05, 4.69) is 89.9 Å². The van der Waals surface area contributed by atoms with Crippen molar-refractivity contribution in [2.24, 2.45) is 0 Å². The average Bonchev–Trinajstić information content (AvgIpc) is 3.71. The van der Waals surface area contributed by atoms with Gasteiger partial charge in [0.2, 0.25) is 0 Å². The second-order valence-electron chi connectivity index (χ2n) is 8.81. The minimum Gasteiger partial charge on any atom is -0.381 e. The van der Waals surface area contributed by atoms with E-state index in [1.165, 1.54) is 27.1 Å². The Kier molecular flexibility index (Phi) is 14.7. The van der Waals surface area contributed by atoms with E-state index >= 15 is 0 Å². The van der Waals surface area contributed by atoms with Crippen LogP contribution in [0.5, 0.6) is 0 Å². The van der Waals surface area contributed by atoms with E-state index in [1.807, 2.05) is 36.4 Å². The van der Waals surface area contributed by atoms with Crippen LogP contribution in [0, 0.1) is 17.9 Å². The molecule has 0 aliphatic carbocycles. The molecule has 3 heterocycles. The monoisotopic (exact) mass is 698 g/mol. The molecule has 0 N–H and O–H groups in total. The molecule has 1 saturated heterocycles. The highest BCUT2D eigenvalue weighted by Crippen LogP contribution is 2.41. The van der Waals surface area contributed by atoms with Crippen molar-refractivity contribution < 1.29 is 9.47 Å². The maximum absolute atomic E-state index is 8.56. The van der Waals surface area contributed by atoms with Gasteiger partial charge in [-0.05, 0) is 45.1 Å². The Bertz CT molecular complexity index is 1330. The lowest BCUT2D eigenvalue weighted by molar-refractivity contribution is 0.0656. The molecule has 0 bridgehead atoms. The van der Waals surface area contributed by atoms with Crippen molar-refractivity contribution in [2.75, 3.05) is 37.1 Å². The molecule has 0 radical (unpaired) electrons. The van der Waals surface area contributed by atoms with E-state index in [0.717, 1.165) is 41.6 Å². The lowest BCUT2D eigenvalue weighted by Gasteiger charge is -2.25. The Morgan fingerprint density at radius 2 is 1.40 bits per heavy atom. The Morgan fingerprint density at radius 1 is 0.850 bits per heavy atom. The summed E-state index contributed by atoms with van der Waals surface area (Å²) in [4.78, 5) is 6.25. The number of alkyl halides is 2. The molecule has 0 unspecified atom stereocenters. The summed E-state index contributed by atoms with van der Waals surface area (Å²) in [6.45, 7) is 10.6. The van der Waals surface area contributed by atoms with Crippen LogP contribution in [0.15, 0.2) is 83.6 Å². The lowest BCUT2D eigenvalue weighted by Crippen LogP contribution is -2.29. The third-order valence-electron chi connectivity index (χ3n) is 6.16. The van der Waals surface area contributed by atoms with Gasteiger partial charge in [0.05, 0.1) is 56.6 Å². The topological polar surface area (TPSA) is 46.6 Å². The molecule has 0 atom stereocenters. The number of thiophene rings is 2. The van der Waals surface area contributed by atoms with Gasteiger partial charge in [-0.15, -0.1) is 22.7 Å². The minimum absolute atomic E-state index is 0.351. The predicted molar refractivity (Wildman–Crippen MR) is 176 cm³/mol. The number of rotatable bonds is 8. The number of ether oxygens (including phenoxy) is 2. The first-order valence-electron chi connectivity index (χ1n) is 13.0. The van der Waals surface area contributed by atoms with Crippen molar-refractivity contribution in [3.63, 3.8) is 0 Å². The second-order valence-corrected chi connectivity index (χ2v) is 12.3. The number of nitrogens with zero attached hydrogens (tertiary/aromatic N) is 2. The van der Waals surface area contributed by atoms with Gasteiger partial charge in [-0.1, -0.05) is 92.5 Å². The Balaban J connectivity index is 0.000000185. The van der Waals surface area contributed by atoms with Crippen LogP contribution in [-0.4, -0.2) is 37.1 Å². The molecule has 1 aliphatic heterocycles. The smallest absolute Gasteiger partial charge is 0.270 e. The fraction of sp³-hybridized carbons (Fsp3) is 0.312. The molecular weight excluding hydrogens is 668 g/mol. The van der Waals surface area contributed by atoms with E-state index < -0.39 is 0 Å². The van der Waals surface area contributed by atoms with Crippen molar-refractivity contribution in [3.8, 4) is 28.3 Å². The van der Waals surface area contributed by atoms with Gasteiger partial charge >= 0.3 is 0 Å². The molecule has 1 aliphatic rings. The van der Waals surface area contributed by atoms with Crippen LogP contribution < -0.4 is 0 Å². The highest BCUT2D eigenvalue weighted by molar-refractivity contribution is 9.09. The quantitative estimate of drug-likeness (QED) is 0.105. The van der Waals surface area contributed by atoms with Gasteiger partial charge in [-0.2, -0.15) is 5.26 Å². The number of hydrogen-bond acceptors (Lipinski definition) is 5. The first-order valence-corrected chi connectivity index (χ1v) is 17.0. The van der Waals surface area contributed by atoms with Gasteiger partial charge in [0.1, 0.15) is 0 Å². The summed E-state index contributed by atoms with van der Waals surface area (Å²) in [5.41, 5.74) is 4.51. The molecule has 4 nitrogen and oxygen atoms in total. The second kappa shape index (κ2) is 18.2. The number of nitriles is 1. The summed E-state index contributed by atoms with van der Waals surface area (Å²) in [5, 5.41) is 14.7. The van der Waals surface area contributed by atoms with Crippen LogP contribution in [-0.2, 0) is 21.4 Å². The summed E-state index contributed by atoms with van der Waals surface area (Å²) in [5.74, 6) is 0. The highest BCUT2D eigenvalue weighted by atomic mass is 79.9. The summed E-state index contributed by atoms with van der Waals surface area (Å²) in [6, 6.07) is 27.0. The highest BCUT2D eigenvalue weighted by Gasteiger charge is 2.42. The van der Waals surface area contributed by atoms with Crippen LogP contribution in [0.1, 0.15) is 22.6 Å². The normalized spacial score (nSPS) is 13.5. The fourth-order valence-corrected chi connectivity index (χ4v) is 6.43. The molecule has 40 heavy (non-hydrogen) atoms. The summed E-state index contributed by atoms with van der Waals surface area (Å²) < 4.78 is 10.4. The van der Waals surface area contributed by atoms with Crippen molar-refractivity contribution >= 4 is 54.5 Å². The Labute approximate surface area is 262 Å². The fourth-order valence-electron chi connectivity index (χ4n) is 4.03. The molecule has 4 aromatic rings. The van der Waals surface area contributed by atoms with Gasteiger partial charge < -0.3 is 14.3 Å². The Hall–Kier alpha value is -2.30. The molecule has 2 aromatic heterocycles. The van der Waals surface area contributed by atoms with Gasteiger partial charge in [0, 0.05) is 15.5 Å². The van der Waals surface area contributed by atoms with E-state index in [0.29, 0.717) is 19.6 Å². The van der Waals surface area contributed by atoms with Gasteiger partial charge in [0.15, 0.2) is 0 Å². The van der Waals surface area contributed by atoms with E-state index in [1.54, 1.807) is 22.7 Å². The van der Waals surface area contributed by atoms with Crippen LogP contribution >= 0.6 is 54.5 Å². The van der Waals surface area contributed by atoms with E-state index in [9.17, 15) is 0 Å². The molecule has 1 fully saturated rings. The summed E-state index contributed by atoms with van der Waals surface area (Å²) in [6.07, 6.45) is 2.13. The van der Waals surface area contributed by atoms with Gasteiger partial charge in [-0.3, -0.25) is 0 Å². The molecule has 8 heteroatoms. The third-order valence-corrected chi connectivity index (χ3v) is 8.86. The van der Waals surface area contributed by atoms with Crippen molar-refractivity contribution in [1.82, 2.24) is 0 Å². The standard InChI is InChI=1S/C16H15NOS.C12H9NS.C4H8Br2O/c1-17-16(7-9-18-10-8-16)15-11-14(12-19-15)13-5-3-2-4-6-13;13-7-6-12-8-11(9-14-12)10-4-2-1-3-5-10;5-1-3-7-4-2-6/h2-6,11-12H,7-10H2;1-5,8-9H,6H2;1-4H2. The minimum atomic E-state index is -0.351. The van der Waals surface area contributed by atoms with Crippen molar-refractivity contribution in [3.05, 3.63) is 105 Å². The van der Waals surface area contributed by atoms with Crippen LogP contribution in [0.2, 0.25) is 0 Å². The Morgan fingerprint density at radius 3 is 1.93 bits per heavy atom.